The first-order valence-electron chi connectivity index (χ1n) is 8.48. The maximum atomic E-state index is 12.2. The first-order valence-corrected chi connectivity index (χ1v) is 8.48. The molecule has 0 saturated carbocycles. The van der Waals surface area contributed by atoms with Crippen molar-refractivity contribution in [2.24, 2.45) is 0 Å². The van der Waals surface area contributed by atoms with Crippen LogP contribution in [-0.2, 0) is 14.3 Å². The van der Waals surface area contributed by atoms with Crippen molar-refractivity contribution in [2.75, 3.05) is 27.3 Å². The number of methoxy groups -OCH3 is 2. The molecule has 2 aliphatic heterocycles. The Hall–Kier alpha value is -2.75. The molecule has 2 bridgehead atoms. The van der Waals surface area contributed by atoms with Gasteiger partial charge in [-0.1, -0.05) is 0 Å². The van der Waals surface area contributed by atoms with Gasteiger partial charge >= 0.3 is 18.1 Å². The lowest BCUT2D eigenvalue weighted by molar-refractivity contribution is -0.192. The molecule has 3 atom stereocenters. The van der Waals surface area contributed by atoms with Crippen molar-refractivity contribution in [3.63, 3.8) is 0 Å². The summed E-state index contributed by atoms with van der Waals surface area (Å²) < 4.78 is 42.1. The highest BCUT2D eigenvalue weighted by atomic mass is 19.4. The molecule has 152 valence electrons. The minimum Gasteiger partial charge on any atom is -0.497 e. The predicted octanol–water partition coefficient (Wildman–Crippen LogP) is 2.83. The second-order valence-corrected chi connectivity index (χ2v) is 6.57. The van der Waals surface area contributed by atoms with Crippen LogP contribution in [0.15, 0.2) is 18.2 Å². The molecule has 3 unspecified atom stereocenters. The molecule has 28 heavy (non-hydrogen) atoms. The second kappa shape index (κ2) is 7.34. The Morgan fingerprint density at radius 2 is 1.96 bits per heavy atom. The lowest BCUT2D eigenvalue weighted by Crippen LogP contribution is -2.36. The van der Waals surface area contributed by atoms with E-state index in [1.54, 1.807) is 7.11 Å². The normalized spacial score (nSPS) is 22.8. The van der Waals surface area contributed by atoms with Gasteiger partial charge in [0.1, 0.15) is 11.8 Å². The Morgan fingerprint density at radius 3 is 2.54 bits per heavy atom. The number of nitrogens with zero attached hydrogens (tertiary/aromatic N) is 1. The maximum Gasteiger partial charge on any atom is 0.490 e. The van der Waals surface area contributed by atoms with E-state index in [4.69, 9.17) is 19.4 Å². The molecule has 0 aliphatic carbocycles. The fraction of sp³-hybridized carbons (Fsp3) is 0.444. The van der Waals surface area contributed by atoms with Crippen LogP contribution < -0.4 is 4.74 Å². The van der Waals surface area contributed by atoms with Gasteiger partial charge in [0, 0.05) is 29.1 Å². The summed E-state index contributed by atoms with van der Waals surface area (Å²) in [6, 6.07) is 5.72. The highest BCUT2D eigenvalue weighted by Gasteiger charge is 2.44. The van der Waals surface area contributed by atoms with Gasteiger partial charge in [-0.3, -0.25) is 4.90 Å². The van der Waals surface area contributed by atoms with E-state index in [9.17, 15) is 18.0 Å². The van der Waals surface area contributed by atoms with Crippen LogP contribution in [0.1, 0.15) is 29.6 Å². The Bertz CT molecular complexity index is 908. The van der Waals surface area contributed by atoms with E-state index < -0.39 is 12.1 Å². The third-order valence-corrected chi connectivity index (χ3v) is 5.01. The smallest absolute Gasteiger partial charge is 0.490 e. The summed E-state index contributed by atoms with van der Waals surface area (Å²) in [7, 11) is 3.13. The van der Waals surface area contributed by atoms with Crippen LogP contribution in [0.25, 0.3) is 10.9 Å². The molecule has 1 aromatic heterocycles. The molecule has 7 nitrogen and oxygen atoms in total. The standard InChI is InChI=1S/C16H18N2O3.C2HF3O2/c1-20-10-3-4-12-11(7-10)13-9-5-6-18(8-9)15(14(13)17-12)16(19)21-2;3-2(4,5)1(6)7/h3-4,7,9,15,17H,5-6,8H2,1-2H3;(H,6,7). The number of carboxylic acids is 1. The number of H-pyrrole nitrogens is 1. The van der Waals surface area contributed by atoms with Gasteiger partial charge in [0.2, 0.25) is 0 Å². The predicted molar refractivity (Wildman–Crippen MR) is 92.2 cm³/mol. The lowest BCUT2D eigenvalue weighted by atomic mass is 9.90. The molecule has 2 aromatic rings. The summed E-state index contributed by atoms with van der Waals surface area (Å²) in [5.74, 6) is -1.61. The van der Waals surface area contributed by atoms with Gasteiger partial charge < -0.3 is 19.6 Å². The van der Waals surface area contributed by atoms with Crippen molar-refractivity contribution in [3.8, 4) is 5.75 Å². The Labute approximate surface area is 158 Å². The number of nitrogens with one attached hydrogen (secondary N) is 1. The summed E-state index contributed by atoms with van der Waals surface area (Å²) in [5.41, 5.74) is 3.33. The van der Waals surface area contributed by atoms with Gasteiger partial charge in [0.05, 0.1) is 14.2 Å². The minimum absolute atomic E-state index is 0.185. The first kappa shape index (κ1) is 20.0. The van der Waals surface area contributed by atoms with Gasteiger partial charge in [-0.15, -0.1) is 0 Å². The van der Waals surface area contributed by atoms with E-state index in [0.717, 1.165) is 36.5 Å². The highest BCUT2D eigenvalue weighted by molar-refractivity contribution is 5.90. The number of carbonyl (C=O) groups excluding carboxylic acids is 1. The van der Waals surface area contributed by atoms with Crippen molar-refractivity contribution in [3.05, 3.63) is 29.5 Å². The number of ether oxygens (including phenoxy) is 2. The van der Waals surface area contributed by atoms with Crippen molar-refractivity contribution < 1.29 is 37.3 Å². The zero-order chi connectivity index (χ0) is 20.6. The SMILES string of the molecule is COC(=O)C1c2[nH]c3ccc(OC)cc3c2C2CCN1C2.O=C(O)C(F)(F)F. The van der Waals surface area contributed by atoms with Crippen molar-refractivity contribution in [2.45, 2.75) is 24.6 Å². The zero-order valence-electron chi connectivity index (χ0n) is 15.2. The highest BCUT2D eigenvalue weighted by Crippen LogP contribution is 2.46. The average molecular weight is 400 g/mol. The Morgan fingerprint density at radius 1 is 1.29 bits per heavy atom. The van der Waals surface area contributed by atoms with Crippen LogP contribution >= 0.6 is 0 Å². The topological polar surface area (TPSA) is 91.9 Å². The van der Waals surface area contributed by atoms with E-state index >= 15 is 0 Å². The number of halogens is 3. The lowest BCUT2D eigenvalue weighted by Gasteiger charge is -2.30. The second-order valence-electron chi connectivity index (χ2n) is 6.57. The molecule has 4 rings (SSSR count). The number of hydrogen-bond donors (Lipinski definition) is 2. The third kappa shape index (κ3) is 3.51. The number of benzene rings is 1. The third-order valence-electron chi connectivity index (χ3n) is 5.01. The number of hydrogen-bond acceptors (Lipinski definition) is 5. The van der Waals surface area contributed by atoms with Crippen LogP contribution in [0.5, 0.6) is 5.75 Å². The van der Waals surface area contributed by atoms with Gasteiger partial charge in [-0.25, -0.2) is 9.59 Å². The number of esters is 1. The zero-order valence-corrected chi connectivity index (χ0v) is 15.2. The summed E-state index contributed by atoms with van der Waals surface area (Å²) in [5, 5.41) is 8.30. The molecular formula is C18H19F3N2O5. The summed E-state index contributed by atoms with van der Waals surface area (Å²) in [6.07, 6.45) is -4.00. The van der Waals surface area contributed by atoms with E-state index in [2.05, 4.69) is 16.0 Å². The molecule has 0 radical (unpaired) electrons. The number of aromatic nitrogens is 1. The van der Waals surface area contributed by atoms with E-state index in [1.165, 1.54) is 18.1 Å². The van der Waals surface area contributed by atoms with Crippen molar-refractivity contribution >= 4 is 22.8 Å². The fourth-order valence-electron chi connectivity index (χ4n) is 3.81. The quantitative estimate of drug-likeness (QED) is 0.754. The molecule has 0 spiro atoms. The minimum atomic E-state index is -5.08. The van der Waals surface area contributed by atoms with Crippen LogP contribution in [0, 0.1) is 0 Å². The summed E-state index contributed by atoms with van der Waals surface area (Å²) in [6.45, 7) is 1.87. The molecule has 2 aliphatic rings. The summed E-state index contributed by atoms with van der Waals surface area (Å²) >= 11 is 0. The van der Waals surface area contributed by atoms with Gasteiger partial charge in [0.25, 0.3) is 0 Å². The molecule has 0 amide bonds. The molecular weight excluding hydrogens is 381 g/mol. The molecule has 3 heterocycles. The van der Waals surface area contributed by atoms with Crippen LogP contribution in [0.4, 0.5) is 13.2 Å². The number of carboxylic acid groups (broad SMARTS) is 1. The van der Waals surface area contributed by atoms with Crippen molar-refractivity contribution in [1.29, 1.82) is 0 Å². The molecule has 1 saturated heterocycles. The molecule has 1 fully saturated rings. The average Bonchev–Trinajstić information content (AvgIpc) is 3.23. The van der Waals surface area contributed by atoms with E-state index in [-0.39, 0.29) is 12.0 Å². The Kier molecular flexibility index (Phi) is 5.24. The van der Waals surface area contributed by atoms with Crippen LogP contribution in [-0.4, -0.2) is 60.4 Å². The number of alkyl halides is 3. The first-order chi connectivity index (χ1) is 13.2. The van der Waals surface area contributed by atoms with E-state index in [1.807, 2.05) is 12.1 Å². The number of aliphatic carboxylic acids is 1. The number of carbonyl (C=O) groups is 2. The van der Waals surface area contributed by atoms with Crippen LogP contribution in [0.3, 0.4) is 0 Å². The maximum absolute atomic E-state index is 12.2. The summed E-state index contributed by atoms with van der Waals surface area (Å²) in [4.78, 5) is 26.8. The Balaban J connectivity index is 0.000000279. The monoisotopic (exact) mass is 400 g/mol. The molecule has 10 heteroatoms. The largest absolute Gasteiger partial charge is 0.497 e. The van der Waals surface area contributed by atoms with Gasteiger partial charge in [-0.05, 0) is 36.7 Å². The number of rotatable bonds is 2. The van der Waals surface area contributed by atoms with Gasteiger partial charge in [-0.2, -0.15) is 13.2 Å². The van der Waals surface area contributed by atoms with Crippen LogP contribution in [0.2, 0.25) is 0 Å². The number of aromatic amines is 1. The van der Waals surface area contributed by atoms with Gasteiger partial charge in [0.15, 0.2) is 0 Å². The van der Waals surface area contributed by atoms with E-state index in [0.29, 0.717) is 5.92 Å². The fourth-order valence-corrected chi connectivity index (χ4v) is 3.81. The molecule has 2 N–H and O–H groups in total. The molecule has 1 aromatic carbocycles. The number of fused-ring (bicyclic) bond motifs is 6. The van der Waals surface area contributed by atoms with Crippen molar-refractivity contribution in [1.82, 2.24) is 9.88 Å².